The molecule has 1 saturated heterocycles. The number of thiazole rings is 1. The molecule has 0 N–H and O–H groups in total. The largest absolute Gasteiger partial charge is 0.373 e. The van der Waals surface area contributed by atoms with Gasteiger partial charge < -0.3 is 9.30 Å². The van der Waals surface area contributed by atoms with Gasteiger partial charge in [-0.15, -0.1) is 11.3 Å². The fourth-order valence-corrected chi connectivity index (χ4v) is 5.71. The normalized spacial score (nSPS) is 22.1. The van der Waals surface area contributed by atoms with Crippen LogP contribution in [0.2, 0.25) is 5.02 Å². The minimum Gasteiger partial charge on any atom is -0.373 e. The molecule has 2 unspecified atom stereocenters. The molecular formula is C17H20ClN3O4S2. The molecule has 10 heteroatoms. The van der Waals surface area contributed by atoms with Gasteiger partial charge in [-0.2, -0.15) is 9.30 Å². The Kier molecular flexibility index (Phi) is 5.87. The highest BCUT2D eigenvalue weighted by atomic mass is 35.5. The van der Waals surface area contributed by atoms with Gasteiger partial charge in [0.2, 0.25) is 10.0 Å². The predicted octanol–water partition coefficient (Wildman–Crippen LogP) is 2.28. The van der Waals surface area contributed by atoms with E-state index in [0.29, 0.717) is 4.80 Å². The lowest BCUT2D eigenvalue weighted by atomic mass is 10.2. The van der Waals surface area contributed by atoms with E-state index in [2.05, 4.69) is 4.99 Å². The van der Waals surface area contributed by atoms with Crippen LogP contribution < -0.4 is 4.80 Å². The molecule has 7 nitrogen and oxygen atoms in total. The summed E-state index contributed by atoms with van der Waals surface area (Å²) in [6, 6.07) is 4.19. The first-order valence-electron chi connectivity index (χ1n) is 8.33. The quantitative estimate of drug-likeness (QED) is 0.749. The number of hydrogen-bond acceptors (Lipinski definition) is 5. The molecule has 3 rings (SSSR count). The number of carbonyl (C=O) groups excluding carboxylic acids is 1. The van der Waals surface area contributed by atoms with Crippen LogP contribution in [-0.4, -0.2) is 48.5 Å². The first kappa shape index (κ1) is 20.2. The molecule has 1 aliphatic rings. The van der Waals surface area contributed by atoms with Crippen molar-refractivity contribution in [3.05, 3.63) is 45.2 Å². The fourth-order valence-electron chi connectivity index (χ4n) is 2.89. The second-order valence-electron chi connectivity index (χ2n) is 6.44. The molecule has 2 aromatic rings. The van der Waals surface area contributed by atoms with Crippen LogP contribution in [0.5, 0.6) is 0 Å². The van der Waals surface area contributed by atoms with Crippen LogP contribution in [0.15, 0.2) is 39.7 Å². The smallest absolute Gasteiger partial charge is 0.279 e. The molecule has 0 aliphatic carbocycles. The zero-order valence-corrected chi connectivity index (χ0v) is 17.5. The van der Waals surface area contributed by atoms with Crippen LogP contribution in [0.25, 0.3) is 0 Å². The summed E-state index contributed by atoms with van der Waals surface area (Å²) in [5.74, 6) is -0.523. The number of carbonyl (C=O) groups is 1. The number of amides is 1. The van der Waals surface area contributed by atoms with E-state index in [4.69, 9.17) is 16.3 Å². The Balaban J connectivity index is 1.98. The van der Waals surface area contributed by atoms with Crippen LogP contribution >= 0.6 is 22.9 Å². The van der Waals surface area contributed by atoms with Gasteiger partial charge in [0.25, 0.3) is 5.91 Å². The number of ether oxygens (including phenoxy) is 1. The van der Waals surface area contributed by atoms with Gasteiger partial charge in [0.1, 0.15) is 4.90 Å². The van der Waals surface area contributed by atoms with Crippen molar-refractivity contribution in [1.82, 2.24) is 8.87 Å². The topological polar surface area (TPSA) is 81.0 Å². The molecule has 146 valence electrons. The van der Waals surface area contributed by atoms with Gasteiger partial charge in [0.05, 0.1) is 17.2 Å². The van der Waals surface area contributed by atoms with Crippen molar-refractivity contribution < 1.29 is 17.9 Å². The average molecular weight is 430 g/mol. The standard InChI is InChI=1S/C17H20ClN3O4S2/c1-11-9-21(10-12(2)25-11)27(23,24)15-8-13(4-5-14(15)18)16(22)19-17-20(3)6-7-26-17/h4-8,11-12H,9-10H2,1-3H3. The van der Waals surface area contributed by atoms with Crippen LogP contribution in [0.3, 0.4) is 0 Å². The highest BCUT2D eigenvalue weighted by molar-refractivity contribution is 7.89. The molecule has 1 amide bonds. The Hall–Kier alpha value is -1.52. The van der Waals surface area contributed by atoms with Crippen molar-refractivity contribution in [3.63, 3.8) is 0 Å². The third-order valence-corrected chi connectivity index (χ3v) is 7.30. The van der Waals surface area contributed by atoms with E-state index in [-0.39, 0.29) is 40.8 Å². The van der Waals surface area contributed by atoms with Crippen molar-refractivity contribution in [1.29, 1.82) is 0 Å². The Labute approximate surface area is 166 Å². The summed E-state index contributed by atoms with van der Waals surface area (Å²) in [6.45, 7) is 4.10. The zero-order chi connectivity index (χ0) is 19.8. The van der Waals surface area contributed by atoms with E-state index >= 15 is 0 Å². The molecule has 0 spiro atoms. The number of aryl methyl sites for hydroxylation is 1. The molecule has 1 fully saturated rings. The van der Waals surface area contributed by atoms with E-state index in [1.54, 1.807) is 17.8 Å². The van der Waals surface area contributed by atoms with Gasteiger partial charge in [0, 0.05) is 37.3 Å². The molecule has 0 saturated carbocycles. The summed E-state index contributed by atoms with van der Waals surface area (Å²) < 4.78 is 34.8. The summed E-state index contributed by atoms with van der Waals surface area (Å²) in [5.41, 5.74) is 0.167. The first-order chi connectivity index (χ1) is 12.7. The molecule has 2 atom stereocenters. The first-order valence-corrected chi connectivity index (χ1v) is 11.0. The van der Waals surface area contributed by atoms with E-state index in [1.165, 1.54) is 33.8 Å². The van der Waals surface area contributed by atoms with Crippen molar-refractivity contribution in [2.45, 2.75) is 31.0 Å². The zero-order valence-electron chi connectivity index (χ0n) is 15.1. The maximum Gasteiger partial charge on any atom is 0.279 e. The molecule has 1 aromatic carbocycles. The fraction of sp³-hybridized carbons (Fsp3) is 0.412. The van der Waals surface area contributed by atoms with E-state index in [0.717, 1.165) is 0 Å². The second kappa shape index (κ2) is 7.84. The number of aromatic nitrogens is 1. The SMILES string of the molecule is CC1CN(S(=O)(=O)c2cc(C(=O)N=c3sccn3C)ccc2Cl)CC(C)O1. The predicted molar refractivity (Wildman–Crippen MR) is 103 cm³/mol. The number of sulfonamides is 1. The molecular weight excluding hydrogens is 410 g/mol. The monoisotopic (exact) mass is 429 g/mol. The van der Waals surface area contributed by atoms with Crippen LogP contribution in [-0.2, 0) is 21.8 Å². The van der Waals surface area contributed by atoms with Crippen molar-refractivity contribution in [2.75, 3.05) is 13.1 Å². The molecule has 0 bridgehead atoms. The third-order valence-electron chi connectivity index (χ3n) is 4.14. The maximum atomic E-state index is 13.1. The Morgan fingerprint density at radius 3 is 2.56 bits per heavy atom. The lowest BCUT2D eigenvalue weighted by Crippen LogP contribution is -2.48. The van der Waals surface area contributed by atoms with E-state index in [9.17, 15) is 13.2 Å². The van der Waals surface area contributed by atoms with Gasteiger partial charge in [0.15, 0.2) is 4.80 Å². The summed E-state index contributed by atoms with van der Waals surface area (Å²) in [4.78, 5) is 17.0. The van der Waals surface area contributed by atoms with Crippen molar-refractivity contribution >= 4 is 38.9 Å². The summed E-state index contributed by atoms with van der Waals surface area (Å²) in [6.07, 6.45) is 1.34. The minimum absolute atomic E-state index is 0.0695. The average Bonchev–Trinajstić information content (AvgIpc) is 2.99. The van der Waals surface area contributed by atoms with Crippen molar-refractivity contribution in [3.8, 4) is 0 Å². The Morgan fingerprint density at radius 2 is 1.96 bits per heavy atom. The van der Waals surface area contributed by atoms with E-state index < -0.39 is 15.9 Å². The summed E-state index contributed by atoms with van der Waals surface area (Å²) in [7, 11) is -2.08. The highest BCUT2D eigenvalue weighted by Crippen LogP contribution is 2.28. The van der Waals surface area contributed by atoms with Crippen LogP contribution in [0, 0.1) is 0 Å². The van der Waals surface area contributed by atoms with Crippen LogP contribution in [0.4, 0.5) is 0 Å². The number of hydrogen-bond donors (Lipinski definition) is 0. The number of rotatable bonds is 3. The minimum atomic E-state index is -3.86. The molecule has 1 aromatic heterocycles. The van der Waals surface area contributed by atoms with Gasteiger partial charge in [-0.3, -0.25) is 4.79 Å². The molecule has 2 heterocycles. The van der Waals surface area contributed by atoms with Gasteiger partial charge in [-0.1, -0.05) is 11.6 Å². The van der Waals surface area contributed by atoms with Gasteiger partial charge >= 0.3 is 0 Å². The van der Waals surface area contributed by atoms with E-state index in [1.807, 2.05) is 19.2 Å². The molecule has 1 aliphatic heterocycles. The summed E-state index contributed by atoms with van der Waals surface area (Å²) in [5, 5.41) is 1.88. The third kappa shape index (κ3) is 4.33. The number of benzene rings is 1. The lowest BCUT2D eigenvalue weighted by Gasteiger charge is -2.34. The molecule has 0 radical (unpaired) electrons. The Morgan fingerprint density at radius 1 is 1.30 bits per heavy atom. The number of nitrogens with zero attached hydrogens (tertiary/aromatic N) is 3. The lowest BCUT2D eigenvalue weighted by molar-refractivity contribution is -0.0440. The van der Waals surface area contributed by atoms with Gasteiger partial charge in [-0.05, 0) is 32.0 Å². The Bertz CT molecular complexity index is 1020. The van der Waals surface area contributed by atoms with Crippen molar-refractivity contribution in [2.24, 2.45) is 12.0 Å². The second-order valence-corrected chi connectivity index (χ2v) is 9.62. The van der Waals surface area contributed by atoms with Gasteiger partial charge in [-0.25, -0.2) is 8.42 Å². The maximum absolute atomic E-state index is 13.1. The number of halogens is 1. The number of morpholine rings is 1. The molecule has 27 heavy (non-hydrogen) atoms. The summed E-state index contributed by atoms with van der Waals surface area (Å²) >= 11 is 7.48. The highest BCUT2D eigenvalue weighted by Gasteiger charge is 2.33. The van der Waals surface area contributed by atoms with Crippen LogP contribution in [0.1, 0.15) is 24.2 Å².